The van der Waals surface area contributed by atoms with Crippen molar-refractivity contribution in [3.05, 3.63) is 107 Å². The molecule has 4 aromatic rings. The standard InChI is InChI=1S/C31H30N2O4/c1-37-25-14-11-22(12-15-25)29(34)19-32-18-28-30(26-16-13-24(31(35)36)17-27(26)33-28)23-9-7-21(8-10-23)20-5-3-2-4-6-20/h2-6,9,11-17,21,32-33H,7-8,10,18-19H2,1H3,(H,35,36). The smallest absolute Gasteiger partial charge is 0.335 e. The predicted octanol–water partition coefficient (Wildman–Crippen LogP) is 6.20. The van der Waals surface area contributed by atoms with Gasteiger partial charge in [-0.15, -0.1) is 0 Å². The first-order valence-electron chi connectivity index (χ1n) is 12.5. The van der Waals surface area contributed by atoms with E-state index in [1.54, 1.807) is 43.5 Å². The minimum Gasteiger partial charge on any atom is -0.497 e. The number of Topliss-reactive ketones (excluding diaryl/α,β-unsaturated/α-hetero) is 1. The lowest BCUT2D eigenvalue weighted by Crippen LogP contribution is -2.23. The van der Waals surface area contributed by atoms with Gasteiger partial charge in [0, 0.05) is 34.3 Å². The topological polar surface area (TPSA) is 91.4 Å². The van der Waals surface area contributed by atoms with Crippen LogP contribution in [0.25, 0.3) is 16.5 Å². The highest BCUT2D eigenvalue weighted by atomic mass is 16.5. The van der Waals surface area contributed by atoms with Crippen LogP contribution in [0.3, 0.4) is 0 Å². The number of carboxylic acid groups (broad SMARTS) is 1. The quantitative estimate of drug-likeness (QED) is 0.241. The van der Waals surface area contributed by atoms with Crippen LogP contribution in [0, 0.1) is 0 Å². The van der Waals surface area contributed by atoms with E-state index in [2.05, 4.69) is 40.6 Å². The molecule has 37 heavy (non-hydrogen) atoms. The van der Waals surface area contributed by atoms with Crippen molar-refractivity contribution in [3.63, 3.8) is 0 Å². The van der Waals surface area contributed by atoms with Crippen molar-refractivity contribution >= 4 is 28.2 Å². The summed E-state index contributed by atoms with van der Waals surface area (Å²) in [4.78, 5) is 27.7. The van der Waals surface area contributed by atoms with Crippen LogP contribution in [0.15, 0.2) is 78.9 Å². The Morgan fingerprint density at radius 2 is 1.78 bits per heavy atom. The maximum Gasteiger partial charge on any atom is 0.335 e. The van der Waals surface area contributed by atoms with Crippen LogP contribution >= 0.6 is 0 Å². The number of rotatable bonds is 9. The maximum absolute atomic E-state index is 12.7. The van der Waals surface area contributed by atoms with Crippen molar-refractivity contribution in [2.75, 3.05) is 13.7 Å². The summed E-state index contributed by atoms with van der Waals surface area (Å²) in [6.45, 7) is 0.657. The highest BCUT2D eigenvalue weighted by Crippen LogP contribution is 2.39. The van der Waals surface area contributed by atoms with E-state index in [1.165, 1.54) is 11.1 Å². The Hall–Kier alpha value is -4.16. The number of aromatic amines is 1. The van der Waals surface area contributed by atoms with E-state index in [9.17, 15) is 14.7 Å². The van der Waals surface area contributed by atoms with Crippen molar-refractivity contribution < 1.29 is 19.4 Å². The van der Waals surface area contributed by atoms with Crippen molar-refractivity contribution in [2.24, 2.45) is 0 Å². The second kappa shape index (κ2) is 10.8. The molecular formula is C31H30N2O4. The molecule has 3 aromatic carbocycles. The van der Waals surface area contributed by atoms with Gasteiger partial charge in [0.15, 0.2) is 5.78 Å². The number of hydrogen-bond donors (Lipinski definition) is 3. The van der Waals surface area contributed by atoms with E-state index in [4.69, 9.17) is 4.74 Å². The number of carbonyl (C=O) groups is 2. The summed E-state index contributed by atoms with van der Waals surface area (Å²) in [6, 6.07) is 22.9. The molecule has 1 aliphatic rings. The number of fused-ring (bicyclic) bond motifs is 1. The molecule has 0 amide bonds. The molecule has 5 rings (SSSR count). The molecule has 1 unspecified atom stereocenters. The molecule has 0 radical (unpaired) electrons. The van der Waals surface area contributed by atoms with Gasteiger partial charge in [-0.2, -0.15) is 0 Å². The van der Waals surface area contributed by atoms with Gasteiger partial charge < -0.3 is 20.1 Å². The second-order valence-electron chi connectivity index (χ2n) is 9.41. The van der Waals surface area contributed by atoms with Gasteiger partial charge in [0.05, 0.1) is 19.2 Å². The van der Waals surface area contributed by atoms with Gasteiger partial charge in [-0.25, -0.2) is 4.79 Å². The minimum atomic E-state index is -0.953. The van der Waals surface area contributed by atoms with E-state index >= 15 is 0 Å². The molecule has 1 heterocycles. The number of H-pyrrole nitrogens is 1. The highest BCUT2D eigenvalue weighted by Gasteiger charge is 2.22. The Kier molecular flexibility index (Phi) is 7.19. The number of hydrogen-bond acceptors (Lipinski definition) is 4. The summed E-state index contributed by atoms with van der Waals surface area (Å²) in [5.74, 6) is 0.252. The number of carboxylic acids is 1. The van der Waals surface area contributed by atoms with Gasteiger partial charge in [0.2, 0.25) is 0 Å². The molecule has 0 saturated heterocycles. The molecule has 0 saturated carbocycles. The molecule has 6 heteroatoms. The number of ketones is 1. The molecule has 0 spiro atoms. The fourth-order valence-electron chi connectivity index (χ4n) is 5.15. The first-order valence-corrected chi connectivity index (χ1v) is 12.5. The average molecular weight is 495 g/mol. The van der Waals surface area contributed by atoms with Gasteiger partial charge in [-0.1, -0.05) is 42.5 Å². The monoisotopic (exact) mass is 494 g/mol. The fourth-order valence-corrected chi connectivity index (χ4v) is 5.15. The Bertz CT molecular complexity index is 1450. The van der Waals surface area contributed by atoms with Crippen LogP contribution < -0.4 is 10.1 Å². The summed E-state index contributed by atoms with van der Waals surface area (Å²) in [7, 11) is 1.60. The van der Waals surface area contributed by atoms with Crippen molar-refractivity contribution in [2.45, 2.75) is 31.7 Å². The average Bonchev–Trinajstić information content (AvgIpc) is 3.31. The van der Waals surface area contributed by atoms with E-state index in [0.29, 0.717) is 23.8 Å². The van der Waals surface area contributed by atoms with Crippen LogP contribution in [0.4, 0.5) is 0 Å². The Morgan fingerprint density at radius 3 is 2.46 bits per heavy atom. The Balaban J connectivity index is 1.38. The first-order chi connectivity index (χ1) is 18.0. The number of nitrogens with one attached hydrogen (secondary N) is 2. The predicted molar refractivity (Wildman–Crippen MR) is 145 cm³/mol. The third-order valence-corrected chi connectivity index (χ3v) is 7.13. The van der Waals surface area contributed by atoms with E-state index in [1.807, 2.05) is 12.1 Å². The molecular weight excluding hydrogens is 464 g/mol. The normalized spacial score (nSPS) is 15.4. The molecule has 0 fully saturated rings. The van der Waals surface area contributed by atoms with Crippen LogP contribution in [0.2, 0.25) is 0 Å². The third-order valence-electron chi connectivity index (χ3n) is 7.13. The van der Waals surface area contributed by atoms with E-state index in [0.717, 1.165) is 41.4 Å². The number of carbonyl (C=O) groups excluding carboxylic acids is 1. The fraction of sp³-hybridized carbons (Fsp3) is 0.226. The number of ether oxygens (including phenoxy) is 1. The number of allylic oxidation sites excluding steroid dienone is 2. The van der Waals surface area contributed by atoms with Crippen molar-refractivity contribution in [1.82, 2.24) is 10.3 Å². The molecule has 188 valence electrons. The van der Waals surface area contributed by atoms with Crippen LogP contribution in [-0.2, 0) is 6.54 Å². The van der Waals surface area contributed by atoms with Crippen LogP contribution in [0.5, 0.6) is 5.75 Å². The molecule has 1 aromatic heterocycles. The molecule has 0 bridgehead atoms. The summed E-state index contributed by atoms with van der Waals surface area (Å²) in [5.41, 5.74) is 6.36. The van der Waals surface area contributed by atoms with Crippen LogP contribution in [0.1, 0.15) is 62.7 Å². The Labute approximate surface area is 216 Å². The van der Waals surface area contributed by atoms with Gasteiger partial charge in [-0.05, 0) is 72.7 Å². The molecule has 1 aliphatic carbocycles. The zero-order valence-electron chi connectivity index (χ0n) is 20.8. The summed E-state index contributed by atoms with van der Waals surface area (Å²) >= 11 is 0. The number of methoxy groups -OCH3 is 1. The molecule has 1 atom stereocenters. The summed E-state index contributed by atoms with van der Waals surface area (Å²) in [5, 5.41) is 13.8. The Morgan fingerprint density at radius 1 is 1.03 bits per heavy atom. The van der Waals surface area contributed by atoms with Gasteiger partial charge in [-0.3, -0.25) is 4.79 Å². The lowest BCUT2D eigenvalue weighted by Gasteiger charge is -2.23. The van der Waals surface area contributed by atoms with E-state index < -0.39 is 5.97 Å². The van der Waals surface area contributed by atoms with Gasteiger partial charge >= 0.3 is 5.97 Å². The van der Waals surface area contributed by atoms with Gasteiger partial charge in [0.1, 0.15) is 5.75 Å². The largest absolute Gasteiger partial charge is 0.497 e. The summed E-state index contributed by atoms with van der Waals surface area (Å²) < 4.78 is 5.17. The van der Waals surface area contributed by atoms with Crippen LogP contribution in [-0.4, -0.2) is 35.5 Å². The van der Waals surface area contributed by atoms with Gasteiger partial charge in [0.25, 0.3) is 0 Å². The lowest BCUT2D eigenvalue weighted by molar-refractivity contribution is 0.0696. The SMILES string of the molecule is COc1ccc(C(=O)CNCc2[nH]c3cc(C(=O)O)ccc3c2C2=CCC(c3ccccc3)CC2)cc1. The van der Waals surface area contributed by atoms with Crippen molar-refractivity contribution in [1.29, 1.82) is 0 Å². The molecule has 6 nitrogen and oxygen atoms in total. The first kappa shape index (κ1) is 24.5. The third kappa shape index (κ3) is 5.34. The molecule has 0 aliphatic heterocycles. The number of benzene rings is 3. The summed E-state index contributed by atoms with van der Waals surface area (Å²) in [6.07, 6.45) is 5.27. The molecule has 3 N–H and O–H groups in total. The lowest BCUT2D eigenvalue weighted by atomic mass is 9.82. The maximum atomic E-state index is 12.7. The zero-order valence-corrected chi connectivity index (χ0v) is 20.8. The second-order valence-corrected chi connectivity index (χ2v) is 9.41. The zero-order chi connectivity index (χ0) is 25.8. The number of aromatic nitrogens is 1. The number of aromatic carboxylic acids is 1. The van der Waals surface area contributed by atoms with Crippen molar-refractivity contribution in [3.8, 4) is 5.75 Å². The van der Waals surface area contributed by atoms with E-state index in [-0.39, 0.29) is 17.9 Å². The highest BCUT2D eigenvalue weighted by molar-refractivity contribution is 5.99. The minimum absolute atomic E-state index is 0.00365.